The molecule has 1 N–H and O–H groups in total. The first kappa shape index (κ1) is 16.8. The Bertz CT molecular complexity index is 681. The van der Waals surface area contributed by atoms with Crippen molar-refractivity contribution in [1.82, 2.24) is 14.8 Å². The van der Waals surface area contributed by atoms with Crippen LogP contribution in [0.4, 0.5) is 13.2 Å². The van der Waals surface area contributed by atoms with Crippen LogP contribution in [-0.4, -0.2) is 32.4 Å². The van der Waals surface area contributed by atoms with E-state index in [4.69, 9.17) is 9.84 Å². The normalized spacial score (nSPS) is 11.5. The number of carbonyl (C=O) groups is 1. The van der Waals surface area contributed by atoms with E-state index < -0.39 is 23.4 Å². The van der Waals surface area contributed by atoms with Crippen LogP contribution in [-0.2, 0) is 12.7 Å². The van der Waals surface area contributed by atoms with Gasteiger partial charge in [0.15, 0.2) is 5.69 Å². The van der Waals surface area contributed by atoms with Crippen molar-refractivity contribution in [3.05, 3.63) is 41.3 Å². The van der Waals surface area contributed by atoms with Gasteiger partial charge in [-0.1, -0.05) is 13.0 Å². The van der Waals surface area contributed by atoms with Crippen LogP contribution in [0.25, 0.3) is 0 Å². The van der Waals surface area contributed by atoms with Crippen LogP contribution in [0.15, 0.2) is 24.5 Å². The molecule has 0 saturated carbocycles. The maximum Gasteiger partial charge on any atom is 0.436 e. The zero-order chi connectivity index (χ0) is 17.0. The van der Waals surface area contributed by atoms with E-state index in [1.165, 1.54) is 6.20 Å². The Morgan fingerprint density at radius 1 is 1.39 bits per heavy atom. The molecule has 0 aliphatic carbocycles. The summed E-state index contributed by atoms with van der Waals surface area (Å²) >= 11 is 0. The van der Waals surface area contributed by atoms with E-state index in [9.17, 15) is 18.0 Å². The first-order chi connectivity index (χ1) is 10.8. The molecule has 0 radical (unpaired) electrons. The summed E-state index contributed by atoms with van der Waals surface area (Å²) in [5, 5.41) is 12.2. The summed E-state index contributed by atoms with van der Waals surface area (Å²) in [7, 11) is 0. The van der Waals surface area contributed by atoms with Crippen molar-refractivity contribution in [3.63, 3.8) is 0 Å². The summed E-state index contributed by atoms with van der Waals surface area (Å²) in [5.41, 5.74) is -1.73. The second-order valence-electron chi connectivity index (χ2n) is 4.75. The minimum absolute atomic E-state index is 0.0303. The maximum absolute atomic E-state index is 12.8. The standard InChI is InChI=1S/C14H14F3N3O3/c1-2-5-23-11-4-3-9(6-18-11)7-20-8-10(13(21)22)12(19-20)14(15,16)17/h3-4,6,8H,2,5,7H2,1H3,(H,21,22). The molecule has 124 valence electrons. The third kappa shape index (κ3) is 4.21. The average Bonchev–Trinajstić information content (AvgIpc) is 2.91. The van der Waals surface area contributed by atoms with Gasteiger partial charge in [0, 0.05) is 18.5 Å². The molecule has 0 amide bonds. The van der Waals surface area contributed by atoms with Crippen molar-refractivity contribution in [2.45, 2.75) is 26.1 Å². The fourth-order valence-corrected chi connectivity index (χ4v) is 1.85. The molecule has 0 fully saturated rings. The van der Waals surface area contributed by atoms with Crippen molar-refractivity contribution >= 4 is 5.97 Å². The van der Waals surface area contributed by atoms with Gasteiger partial charge in [0.05, 0.1) is 13.2 Å². The Morgan fingerprint density at radius 3 is 2.61 bits per heavy atom. The molecule has 0 spiro atoms. The molecule has 0 aliphatic rings. The topological polar surface area (TPSA) is 77.2 Å². The van der Waals surface area contributed by atoms with Gasteiger partial charge in [-0.2, -0.15) is 18.3 Å². The van der Waals surface area contributed by atoms with Gasteiger partial charge in [-0.05, 0) is 12.0 Å². The SMILES string of the molecule is CCCOc1ccc(Cn2cc(C(=O)O)c(C(F)(F)F)n2)cn1. The minimum atomic E-state index is -4.82. The predicted molar refractivity (Wildman–Crippen MR) is 73.3 cm³/mol. The molecule has 2 aromatic heterocycles. The highest BCUT2D eigenvalue weighted by Crippen LogP contribution is 2.30. The molecule has 0 unspecified atom stereocenters. The van der Waals surface area contributed by atoms with E-state index >= 15 is 0 Å². The first-order valence-corrected chi connectivity index (χ1v) is 6.77. The Balaban J connectivity index is 2.18. The predicted octanol–water partition coefficient (Wildman–Crippen LogP) is 2.83. The Morgan fingerprint density at radius 2 is 2.13 bits per heavy atom. The smallest absolute Gasteiger partial charge is 0.436 e. The number of ether oxygens (including phenoxy) is 1. The van der Waals surface area contributed by atoms with Gasteiger partial charge in [0.25, 0.3) is 0 Å². The number of aromatic nitrogens is 3. The van der Waals surface area contributed by atoms with Gasteiger partial charge in [0.2, 0.25) is 5.88 Å². The second-order valence-corrected chi connectivity index (χ2v) is 4.75. The van der Waals surface area contributed by atoms with Crippen molar-refractivity contribution < 1.29 is 27.8 Å². The quantitative estimate of drug-likeness (QED) is 0.882. The van der Waals surface area contributed by atoms with Gasteiger partial charge in [-0.25, -0.2) is 9.78 Å². The number of alkyl halides is 3. The summed E-state index contributed by atoms with van der Waals surface area (Å²) in [4.78, 5) is 14.9. The van der Waals surface area contributed by atoms with Crippen LogP contribution in [0.5, 0.6) is 5.88 Å². The maximum atomic E-state index is 12.8. The number of carboxylic acid groups (broad SMARTS) is 1. The Hall–Kier alpha value is -2.58. The number of hydrogen-bond donors (Lipinski definition) is 1. The van der Waals surface area contributed by atoms with Gasteiger partial charge >= 0.3 is 12.1 Å². The summed E-state index contributed by atoms with van der Waals surface area (Å²) < 4.78 is 44.5. The summed E-state index contributed by atoms with van der Waals surface area (Å²) in [6, 6.07) is 3.23. The van der Waals surface area contributed by atoms with Crippen molar-refractivity contribution in [3.8, 4) is 5.88 Å². The lowest BCUT2D eigenvalue weighted by Crippen LogP contribution is -2.12. The van der Waals surface area contributed by atoms with Gasteiger partial charge in [0.1, 0.15) is 5.56 Å². The van der Waals surface area contributed by atoms with Crippen molar-refractivity contribution in [2.24, 2.45) is 0 Å². The zero-order valence-electron chi connectivity index (χ0n) is 12.2. The Kier molecular flexibility index (Phi) is 4.87. The molecular formula is C14H14F3N3O3. The molecule has 6 nitrogen and oxygen atoms in total. The molecule has 0 aliphatic heterocycles. The number of pyridine rings is 1. The molecule has 2 heterocycles. The van der Waals surface area contributed by atoms with Gasteiger partial charge < -0.3 is 9.84 Å². The first-order valence-electron chi connectivity index (χ1n) is 6.77. The van der Waals surface area contributed by atoms with Crippen molar-refractivity contribution in [1.29, 1.82) is 0 Å². The minimum Gasteiger partial charge on any atom is -0.478 e. The third-order valence-electron chi connectivity index (χ3n) is 2.86. The van der Waals surface area contributed by atoms with E-state index in [1.54, 1.807) is 12.1 Å². The van der Waals surface area contributed by atoms with E-state index in [1.807, 2.05) is 6.92 Å². The highest BCUT2D eigenvalue weighted by Gasteiger charge is 2.39. The van der Waals surface area contributed by atoms with Crippen LogP contribution < -0.4 is 4.74 Å². The van der Waals surface area contributed by atoms with Crippen LogP contribution in [0.3, 0.4) is 0 Å². The molecule has 9 heteroatoms. The fraction of sp³-hybridized carbons (Fsp3) is 0.357. The lowest BCUT2D eigenvalue weighted by atomic mass is 10.2. The summed E-state index contributed by atoms with van der Waals surface area (Å²) in [6.45, 7) is 2.43. The average molecular weight is 329 g/mol. The third-order valence-corrected chi connectivity index (χ3v) is 2.86. The Labute approximate surface area is 129 Å². The summed E-state index contributed by atoms with van der Waals surface area (Å²) in [6.07, 6.45) is -1.70. The molecule has 23 heavy (non-hydrogen) atoms. The van der Waals surface area contributed by atoms with Gasteiger partial charge in [-0.15, -0.1) is 0 Å². The molecule has 0 aromatic carbocycles. The van der Waals surface area contributed by atoms with Crippen molar-refractivity contribution in [2.75, 3.05) is 6.61 Å². The number of carboxylic acids is 1. The summed E-state index contributed by atoms with van der Waals surface area (Å²) in [5.74, 6) is -1.26. The number of nitrogens with zero attached hydrogens (tertiary/aromatic N) is 3. The second kappa shape index (κ2) is 6.67. The van der Waals surface area contributed by atoms with Crippen LogP contribution in [0.2, 0.25) is 0 Å². The van der Waals surface area contributed by atoms with Gasteiger partial charge in [-0.3, -0.25) is 4.68 Å². The van der Waals surface area contributed by atoms with E-state index in [0.29, 0.717) is 18.1 Å². The highest BCUT2D eigenvalue weighted by molar-refractivity contribution is 5.88. The monoisotopic (exact) mass is 329 g/mol. The number of rotatable bonds is 6. The lowest BCUT2D eigenvalue weighted by Gasteiger charge is -2.05. The van der Waals surface area contributed by atoms with E-state index in [-0.39, 0.29) is 6.54 Å². The number of aromatic carboxylic acids is 1. The molecule has 2 rings (SSSR count). The van der Waals surface area contributed by atoms with Crippen LogP contribution >= 0.6 is 0 Å². The molecule has 2 aromatic rings. The molecule has 0 saturated heterocycles. The lowest BCUT2D eigenvalue weighted by molar-refractivity contribution is -0.142. The largest absolute Gasteiger partial charge is 0.478 e. The molecular weight excluding hydrogens is 315 g/mol. The van der Waals surface area contributed by atoms with Crippen LogP contribution in [0.1, 0.15) is 35.0 Å². The van der Waals surface area contributed by atoms with E-state index in [0.717, 1.165) is 17.3 Å². The number of hydrogen-bond acceptors (Lipinski definition) is 4. The molecule has 0 atom stereocenters. The molecule has 0 bridgehead atoms. The van der Waals surface area contributed by atoms with Crippen LogP contribution in [0, 0.1) is 0 Å². The highest BCUT2D eigenvalue weighted by atomic mass is 19.4. The van der Waals surface area contributed by atoms with E-state index in [2.05, 4.69) is 10.1 Å². The zero-order valence-corrected chi connectivity index (χ0v) is 12.2. The fourth-order valence-electron chi connectivity index (χ4n) is 1.85. The number of halogens is 3.